The number of hydrogen-bond donors (Lipinski definition) is 2. The van der Waals surface area contributed by atoms with Crippen LogP contribution in [0.5, 0.6) is 6.01 Å². The van der Waals surface area contributed by atoms with Gasteiger partial charge in [-0.25, -0.2) is 4.79 Å². The smallest absolute Gasteiger partial charge is 0.327 e. The van der Waals surface area contributed by atoms with Gasteiger partial charge >= 0.3 is 11.7 Å². The SMILES string of the molecule is CCCC(C)Oc1nc(N)c2[nH]c(=O)n(CCCC3CCN(CC)CC3)c2n1. The van der Waals surface area contributed by atoms with Gasteiger partial charge in [0.05, 0.1) is 6.10 Å². The fourth-order valence-electron chi connectivity index (χ4n) is 4.07. The number of aromatic amines is 1. The summed E-state index contributed by atoms with van der Waals surface area (Å²) in [4.78, 5) is 26.4. The van der Waals surface area contributed by atoms with Crippen LogP contribution in [0.25, 0.3) is 11.2 Å². The minimum absolute atomic E-state index is 0.00921. The van der Waals surface area contributed by atoms with Gasteiger partial charge in [-0.15, -0.1) is 0 Å². The van der Waals surface area contributed by atoms with Crippen molar-refractivity contribution in [3.8, 4) is 6.01 Å². The van der Waals surface area contributed by atoms with E-state index in [2.05, 4.69) is 33.7 Å². The van der Waals surface area contributed by atoms with Crippen molar-refractivity contribution in [1.82, 2.24) is 24.4 Å². The number of piperidine rings is 1. The van der Waals surface area contributed by atoms with Crippen LogP contribution in [-0.2, 0) is 6.54 Å². The second kappa shape index (κ2) is 9.41. The Hall–Kier alpha value is -2.09. The highest BCUT2D eigenvalue weighted by molar-refractivity contribution is 5.81. The summed E-state index contributed by atoms with van der Waals surface area (Å²) < 4.78 is 7.46. The van der Waals surface area contributed by atoms with Crippen molar-refractivity contribution in [3.05, 3.63) is 10.5 Å². The van der Waals surface area contributed by atoms with Gasteiger partial charge in [0.25, 0.3) is 0 Å². The van der Waals surface area contributed by atoms with E-state index in [1.807, 2.05) is 6.92 Å². The van der Waals surface area contributed by atoms with Gasteiger partial charge in [0.2, 0.25) is 0 Å². The third kappa shape index (κ3) is 4.84. The number of aromatic nitrogens is 4. The van der Waals surface area contributed by atoms with E-state index in [1.54, 1.807) is 4.57 Å². The number of hydrogen-bond acceptors (Lipinski definition) is 6. The molecule has 8 heteroatoms. The standard InChI is InChI=1S/C20H34N6O2/c1-4-7-14(3)28-19-23-17(21)16-18(24-19)26(20(27)22-16)11-6-8-15-9-12-25(5-2)13-10-15/h14-15H,4-13H2,1-3H3,(H,22,27)(H2,21,23,24). The Morgan fingerprint density at radius 1 is 1.29 bits per heavy atom. The number of H-pyrrole nitrogens is 1. The van der Waals surface area contributed by atoms with Crippen molar-refractivity contribution in [3.63, 3.8) is 0 Å². The Morgan fingerprint density at radius 3 is 2.71 bits per heavy atom. The zero-order valence-corrected chi connectivity index (χ0v) is 17.4. The van der Waals surface area contributed by atoms with Crippen LogP contribution < -0.4 is 16.2 Å². The maximum atomic E-state index is 12.4. The Labute approximate surface area is 166 Å². The van der Waals surface area contributed by atoms with Crippen molar-refractivity contribution in [2.24, 2.45) is 5.92 Å². The molecule has 1 fully saturated rings. The number of nitrogens with two attached hydrogens (primary N) is 1. The summed E-state index contributed by atoms with van der Waals surface area (Å²) in [5.41, 5.74) is 6.89. The molecule has 1 unspecified atom stereocenters. The molecule has 1 atom stereocenters. The van der Waals surface area contributed by atoms with Gasteiger partial charge < -0.3 is 20.4 Å². The monoisotopic (exact) mass is 390 g/mol. The molecule has 3 rings (SSSR count). The number of ether oxygens (including phenoxy) is 1. The average molecular weight is 391 g/mol. The Balaban J connectivity index is 1.67. The second-order valence-corrected chi connectivity index (χ2v) is 7.91. The van der Waals surface area contributed by atoms with Gasteiger partial charge in [0, 0.05) is 6.54 Å². The summed E-state index contributed by atoms with van der Waals surface area (Å²) in [7, 11) is 0. The molecule has 1 aliphatic rings. The third-order valence-electron chi connectivity index (χ3n) is 5.78. The highest BCUT2D eigenvalue weighted by Crippen LogP contribution is 2.23. The van der Waals surface area contributed by atoms with E-state index in [-0.39, 0.29) is 23.6 Å². The molecule has 1 saturated heterocycles. The predicted octanol–water partition coefficient (Wildman–Crippen LogP) is 2.78. The van der Waals surface area contributed by atoms with Crippen molar-refractivity contribution in [1.29, 1.82) is 0 Å². The molecule has 1 aliphatic heterocycles. The largest absolute Gasteiger partial charge is 0.460 e. The van der Waals surface area contributed by atoms with Gasteiger partial charge in [-0.05, 0) is 64.6 Å². The average Bonchev–Trinajstić information content (AvgIpc) is 2.99. The fraction of sp³-hybridized carbons (Fsp3) is 0.750. The lowest BCUT2D eigenvalue weighted by Crippen LogP contribution is -2.33. The number of fused-ring (bicyclic) bond motifs is 1. The normalized spacial score (nSPS) is 17.2. The second-order valence-electron chi connectivity index (χ2n) is 7.91. The predicted molar refractivity (Wildman–Crippen MR) is 112 cm³/mol. The van der Waals surface area contributed by atoms with Crippen molar-refractivity contribution >= 4 is 17.0 Å². The summed E-state index contributed by atoms with van der Waals surface area (Å²) in [6.07, 6.45) is 6.53. The van der Waals surface area contributed by atoms with Gasteiger partial charge in [-0.1, -0.05) is 20.3 Å². The van der Waals surface area contributed by atoms with Gasteiger partial charge in [0.1, 0.15) is 5.52 Å². The number of anilines is 1. The van der Waals surface area contributed by atoms with E-state index in [1.165, 1.54) is 25.9 Å². The van der Waals surface area contributed by atoms with E-state index >= 15 is 0 Å². The molecule has 8 nitrogen and oxygen atoms in total. The highest BCUT2D eigenvalue weighted by atomic mass is 16.5. The lowest BCUT2D eigenvalue weighted by Gasteiger charge is -2.31. The zero-order valence-electron chi connectivity index (χ0n) is 17.4. The molecule has 0 aliphatic carbocycles. The van der Waals surface area contributed by atoms with Crippen LogP contribution in [0.1, 0.15) is 59.3 Å². The molecule has 0 amide bonds. The summed E-state index contributed by atoms with van der Waals surface area (Å²) >= 11 is 0. The molecule has 3 heterocycles. The van der Waals surface area contributed by atoms with Crippen LogP contribution in [0.2, 0.25) is 0 Å². The van der Waals surface area contributed by atoms with Crippen LogP contribution in [0.15, 0.2) is 4.79 Å². The zero-order chi connectivity index (χ0) is 20.1. The van der Waals surface area contributed by atoms with Gasteiger partial charge in [0.15, 0.2) is 11.5 Å². The van der Waals surface area contributed by atoms with Crippen LogP contribution in [-0.4, -0.2) is 50.2 Å². The molecule has 2 aromatic rings. The minimum Gasteiger partial charge on any atom is -0.460 e. The van der Waals surface area contributed by atoms with Crippen LogP contribution in [0.4, 0.5) is 5.82 Å². The highest BCUT2D eigenvalue weighted by Gasteiger charge is 2.19. The Kier molecular flexibility index (Phi) is 6.93. The van der Waals surface area contributed by atoms with E-state index in [4.69, 9.17) is 10.5 Å². The van der Waals surface area contributed by atoms with Crippen LogP contribution in [0, 0.1) is 5.92 Å². The Bertz CT molecular complexity index is 822. The molecule has 0 spiro atoms. The van der Waals surface area contributed by atoms with E-state index in [9.17, 15) is 4.79 Å². The third-order valence-corrected chi connectivity index (χ3v) is 5.78. The molecule has 0 aromatic carbocycles. The first-order chi connectivity index (χ1) is 13.5. The number of nitrogen functional groups attached to an aromatic ring is 1. The summed E-state index contributed by atoms with van der Waals surface area (Å²) in [6, 6.07) is 0.241. The molecule has 0 saturated carbocycles. The van der Waals surface area contributed by atoms with Crippen molar-refractivity contribution in [2.75, 3.05) is 25.4 Å². The number of aryl methyl sites for hydroxylation is 1. The van der Waals surface area contributed by atoms with Crippen LogP contribution in [0.3, 0.4) is 0 Å². The lowest BCUT2D eigenvalue weighted by atomic mass is 9.92. The molecule has 0 bridgehead atoms. The maximum Gasteiger partial charge on any atom is 0.327 e. The summed E-state index contributed by atoms with van der Waals surface area (Å²) in [6.45, 7) is 10.5. The summed E-state index contributed by atoms with van der Waals surface area (Å²) in [5, 5.41) is 0. The summed E-state index contributed by atoms with van der Waals surface area (Å²) in [5.74, 6) is 1.00. The van der Waals surface area contributed by atoms with Crippen LogP contribution >= 0.6 is 0 Å². The van der Waals surface area contributed by atoms with Gasteiger partial charge in [-0.3, -0.25) is 4.57 Å². The molecule has 2 aromatic heterocycles. The maximum absolute atomic E-state index is 12.4. The number of imidazole rings is 1. The molecule has 0 radical (unpaired) electrons. The van der Waals surface area contributed by atoms with Crippen molar-refractivity contribution in [2.45, 2.75) is 71.9 Å². The molecular weight excluding hydrogens is 356 g/mol. The quantitative estimate of drug-likeness (QED) is 0.683. The van der Waals surface area contributed by atoms with Gasteiger partial charge in [-0.2, -0.15) is 9.97 Å². The lowest BCUT2D eigenvalue weighted by molar-refractivity contribution is 0.184. The fourth-order valence-corrected chi connectivity index (χ4v) is 4.07. The number of likely N-dealkylation sites (tertiary alicyclic amines) is 1. The molecule has 156 valence electrons. The number of nitrogens with zero attached hydrogens (tertiary/aromatic N) is 4. The number of rotatable bonds is 9. The first-order valence-corrected chi connectivity index (χ1v) is 10.7. The number of nitrogens with one attached hydrogen (secondary N) is 1. The topological polar surface area (TPSA) is 102 Å². The molecular formula is C20H34N6O2. The minimum atomic E-state index is -0.185. The molecule has 3 N–H and O–H groups in total. The van der Waals surface area contributed by atoms with E-state index < -0.39 is 0 Å². The van der Waals surface area contributed by atoms with Crippen molar-refractivity contribution < 1.29 is 4.74 Å². The Morgan fingerprint density at radius 2 is 2.04 bits per heavy atom. The van der Waals surface area contributed by atoms with E-state index in [0.29, 0.717) is 17.7 Å². The van der Waals surface area contributed by atoms with E-state index in [0.717, 1.165) is 38.1 Å². The first kappa shape index (κ1) is 20.6. The first-order valence-electron chi connectivity index (χ1n) is 10.7. The molecule has 28 heavy (non-hydrogen) atoms.